The molecule has 18 nitrogen and oxygen atoms in total. The van der Waals surface area contributed by atoms with Crippen LogP contribution in [0.2, 0.25) is 0 Å². The Morgan fingerprint density at radius 2 is 1.68 bits per heavy atom. The van der Waals surface area contributed by atoms with E-state index in [1.165, 1.54) is 6.92 Å². The second kappa shape index (κ2) is 16.0. The zero-order chi connectivity index (χ0) is 32.8. The van der Waals surface area contributed by atoms with Crippen LogP contribution in [0.4, 0.5) is 0 Å². The molecule has 0 radical (unpaired) electrons. The average molecular weight is 636 g/mol. The zero-order valence-electron chi connectivity index (χ0n) is 25.0. The molecule has 0 aromatic rings. The van der Waals surface area contributed by atoms with Gasteiger partial charge in [-0.3, -0.25) is 9.59 Å². The molecule has 3 aliphatic rings. The molecule has 1 saturated carbocycles. The first-order valence-electron chi connectivity index (χ1n) is 14.6. The number of hydrogen-bond donors (Lipinski definition) is 12. The largest absolute Gasteiger partial charge is 0.466 e. The molecule has 18 heteroatoms. The third-order valence-corrected chi connectivity index (χ3v) is 8.06. The third kappa shape index (κ3) is 8.60. The van der Waals surface area contributed by atoms with Gasteiger partial charge in [0.15, 0.2) is 6.29 Å². The predicted molar refractivity (Wildman–Crippen MR) is 153 cm³/mol. The molecule has 2 amide bonds. The van der Waals surface area contributed by atoms with Crippen molar-refractivity contribution in [3.05, 3.63) is 11.8 Å². The summed E-state index contributed by atoms with van der Waals surface area (Å²) in [7, 11) is 1.54. The van der Waals surface area contributed by atoms with Crippen molar-refractivity contribution in [3.63, 3.8) is 0 Å². The lowest BCUT2D eigenvalue weighted by Gasteiger charge is -2.49. The maximum atomic E-state index is 12.7. The van der Waals surface area contributed by atoms with Crippen LogP contribution in [-0.4, -0.2) is 150 Å². The summed E-state index contributed by atoms with van der Waals surface area (Å²) in [6, 6.07) is -3.63. The highest BCUT2D eigenvalue weighted by molar-refractivity contribution is 5.81. The number of nitrogens with one attached hydrogen (secondary N) is 3. The van der Waals surface area contributed by atoms with E-state index in [0.29, 0.717) is 5.76 Å². The van der Waals surface area contributed by atoms with Gasteiger partial charge in [0, 0.05) is 12.6 Å². The molecule has 0 aromatic heterocycles. The van der Waals surface area contributed by atoms with E-state index in [4.69, 9.17) is 41.9 Å². The Kier molecular flexibility index (Phi) is 13.2. The van der Waals surface area contributed by atoms with Gasteiger partial charge in [0.05, 0.1) is 31.3 Å². The number of rotatable bonds is 13. The summed E-state index contributed by atoms with van der Waals surface area (Å²) >= 11 is 0. The van der Waals surface area contributed by atoms with Gasteiger partial charge in [0.1, 0.15) is 48.0 Å². The lowest BCUT2D eigenvalue weighted by atomic mass is 9.83. The molecule has 44 heavy (non-hydrogen) atoms. The van der Waals surface area contributed by atoms with E-state index in [1.54, 1.807) is 13.1 Å². The number of likely N-dealkylation sites (N-methyl/N-ethyl adjacent to an activating group) is 1. The summed E-state index contributed by atoms with van der Waals surface area (Å²) in [5, 5.41) is 61.3. The number of amides is 2. The molecular formula is C26H49N7O11. The number of hydrogen-bond acceptors (Lipinski definition) is 16. The Morgan fingerprint density at radius 3 is 2.30 bits per heavy atom. The van der Waals surface area contributed by atoms with Crippen molar-refractivity contribution < 1.29 is 54.1 Å². The maximum Gasteiger partial charge on any atom is 0.250 e. The van der Waals surface area contributed by atoms with Gasteiger partial charge in [0.25, 0.3) is 5.91 Å². The van der Waals surface area contributed by atoms with Gasteiger partial charge in [-0.15, -0.1) is 0 Å². The van der Waals surface area contributed by atoms with Gasteiger partial charge < -0.3 is 83.4 Å². The summed E-state index contributed by atoms with van der Waals surface area (Å²) < 4.78 is 23.6. The zero-order valence-corrected chi connectivity index (χ0v) is 25.0. The molecule has 13 atom stereocenters. The van der Waals surface area contributed by atoms with E-state index in [0.717, 1.165) is 0 Å². The van der Waals surface area contributed by atoms with Crippen molar-refractivity contribution >= 4 is 11.8 Å². The number of carbonyl (C=O) groups is 2. The molecule has 1 unspecified atom stereocenters. The van der Waals surface area contributed by atoms with Gasteiger partial charge in [-0.1, -0.05) is 0 Å². The van der Waals surface area contributed by atoms with E-state index in [2.05, 4.69) is 16.0 Å². The summed E-state index contributed by atoms with van der Waals surface area (Å²) in [6.07, 6.45) is -9.18. The van der Waals surface area contributed by atoms with E-state index in [9.17, 15) is 35.1 Å². The van der Waals surface area contributed by atoms with Gasteiger partial charge >= 0.3 is 0 Å². The monoisotopic (exact) mass is 635 g/mol. The molecule has 16 N–H and O–H groups in total. The first-order valence-corrected chi connectivity index (χ1v) is 14.6. The molecule has 2 heterocycles. The van der Waals surface area contributed by atoms with Crippen LogP contribution >= 0.6 is 0 Å². The van der Waals surface area contributed by atoms with E-state index < -0.39 is 90.8 Å². The fourth-order valence-corrected chi connectivity index (χ4v) is 5.60. The topological polar surface area (TPSA) is 312 Å². The molecule has 254 valence electrons. The van der Waals surface area contributed by atoms with Crippen molar-refractivity contribution in [2.75, 3.05) is 33.3 Å². The van der Waals surface area contributed by atoms with Gasteiger partial charge in [-0.25, -0.2) is 0 Å². The van der Waals surface area contributed by atoms with Gasteiger partial charge in [-0.2, -0.15) is 0 Å². The predicted octanol–water partition coefficient (Wildman–Crippen LogP) is -6.51. The second-order valence-electron chi connectivity index (χ2n) is 11.6. The smallest absolute Gasteiger partial charge is 0.250 e. The Bertz CT molecular complexity index is 992. The summed E-state index contributed by atoms with van der Waals surface area (Å²) in [5.41, 5.74) is 21.6. The lowest BCUT2D eigenvalue weighted by Crippen LogP contribution is -2.69. The minimum atomic E-state index is -1.58. The normalized spacial score (nSPS) is 39.0. The Labute approximate surface area is 255 Å². The fraction of sp³-hybridized carbons (Fsp3) is 0.846. The molecule has 0 aromatic carbocycles. The first-order chi connectivity index (χ1) is 20.8. The Balaban J connectivity index is 1.86. The minimum absolute atomic E-state index is 0.0174. The Morgan fingerprint density at radius 1 is 1.05 bits per heavy atom. The molecule has 1 aliphatic carbocycles. The maximum absolute atomic E-state index is 12.7. The van der Waals surface area contributed by atoms with Crippen LogP contribution in [0.1, 0.15) is 26.2 Å². The quantitative estimate of drug-likeness (QED) is 0.0895. The SMILES string of the molecule is CN[C@@H]1[C@@H](O)[C@@H](O[C@@H]2[C@@H](O)[C@H](O[C@H]3OC(CN)=CC[C@H]3NC(=O)C(O)CN)[C@@H](N)C[C@H]2NC(=O)[C@@H](O)CCN)OC[C@]1(C)O. The molecular weight excluding hydrogens is 586 g/mol. The van der Waals surface area contributed by atoms with Crippen molar-refractivity contribution in [1.29, 1.82) is 0 Å². The van der Waals surface area contributed by atoms with Gasteiger partial charge in [-0.05, 0) is 45.9 Å². The lowest BCUT2D eigenvalue weighted by molar-refractivity contribution is -0.304. The van der Waals surface area contributed by atoms with Gasteiger partial charge in [0.2, 0.25) is 12.2 Å². The molecule has 1 saturated heterocycles. The van der Waals surface area contributed by atoms with E-state index in [1.807, 2.05) is 0 Å². The number of carbonyl (C=O) groups excluding carboxylic acids is 2. The van der Waals surface area contributed by atoms with Crippen LogP contribution in [-0.2, 0) is 28.5 Å². The van der Waals surface area contributed by atoms with E-state index >= 15 is 0 Å². The highest BCUT2D eigenvalue weighted by Crippen LogP contribution is 2.32. The number of aliphatic hydroxyl groups excluding tert-OH is 4. The summed E-state index contributed by atoms with van der Waals surface area (Å²) in [6.45, 7) is 1.000. The van der Waals surface area contributed by atoms with Crippen molar-refractivity contribution in [1.82, 2.24) is 16.0 Å². The van der Waals surface area contributed by atoms with Crippen molar-refractivity contribution in [3.8, 4) is 0 Å². The fourth-order valence-electron chi connectivity index (χ4n) is 5.60. The molecule has 2 fully saturated rings. The number of nitrogens with two attached hydrogens (primary N) is 4. The highest BCUT2D eigenvalue weighted by atomic mass is 16.7. The Hall–Kier alpha value is -2.04. The van der Waals surface area contributed by atoms with Crippen molar-refractivity contribution in [2.45, 2.75) is 105 Å². The van der Waals surface area contributed by atoms with Crippen LogP contribution in [0.3, 0.4) is 0 Å². The summed E-state index contributed by atoms with van der Waals surface area (Å²) in [4.78, 5) is 25.1. The number of aliphatic hydroxyl groups is 5. The highest BCUT2D eigenvalue weighted by Gasteiger charge is 2.52. The second-order valence-corrected chi connectivity index (χ2v) is 11.6. The molecule has 3 rings (SSSR count). The van der Waals surface area contributed by atoms with Crippen molar-refractivity contribution in [2.24, 2.45) is 22.9 Å². The van der Waals surface area contributed by atoms with Crippen LogP contribution in [0.5, 0.6) is 0 Å². The average Bonchev–Trinajstić information content (AvgIpc) is 2.98. The first kappa shape index (κ1) is 36.4. The van der Waals surface area contributed by atoms with Crippen LogP contribution < -0.4 is 38.9 Å². The molecule has 0 bridgehead atoms. The van der Waals surface area contributed by atoms with E-state index in [-0.39, 0.29) is 45.5 Å². The third-order valence-electron chi connectivity index (χ3n) is 8.06. The van der Waals surface area contributed by atoms with Crippen LogP contribution in [0.15, 0.2) is 11.8 Å². The minimum Gasteiger partial charge on any atom is -0.466 e. The molecule has 2 aliphatic heterocycles. The van der Waals surface area contributed by atoms with Crippen LogP contribution in [0, 0.1) is 0 Å². The summed E-state index contributed by atoms with van der Waals surface area (Å²) in [5.74, 6) is -1.18. The molecule has 0 spiro atoms. The number of ether oxygens (including phenoxy) is 4. The van der Waals surface area contributed by atoms with Crippen LogP contribution in [0.25, 0.3) is 0 Å². The standard InChI is InChI=1S/C26H49N7O11/c1-26(40)10-41-25(18(37)21(26)31-2)44-20-14(33-22(38)15(34)5-6-27)7-12(30)19(17(20)36)43-24-13(4-3-11(8-28)42-24)32-23(39)16(35)9-29/h3,12-21,24-25,31,34-37,40H,4-10,27-30H2,1-2H3,(H,32,39)(H,33,38)/t12-,13+,14+,15-,16?,17-,18+,19+,20-,21+,24+,25+,26-/m0/s1.